The van der Waals surface area contributed by atoms with Crippen molar-refractivity contribution in [2.24, 2.45) is 11.7 Å². The summed E-state index contributed by atoms with van der Waals surface area (Å²) in [5.74, 6) is -4.44. The van der Waals surface area contributed by atoms with Crippen LogP contribution < -0.4 is 27.0 Å². The minimum atomic E-state index is -1.51. The van der Waals surface area contributed by atoms with Crippen molar-refractivity contribution in [3.8, 4) is 0 Å². The molecular formula is C44H54N8O8. The van der Waals surface area contributed by atoms with Crippen LogP contribution in [0.15, 0.2) is 54.3 Å². The van der Waals surface area contributed by atoms with Gasteiger partial charge in [-0.05, 0) is 87.6 Å². The number of hydrogen-bond donors (Lipinski definition) is 6. The number of nitrogens with two attached hydrogens (primary N) is 1. The monoisotopic (exact) mass is 822 g/mol. The summed E-state index contributed by atoms with van der Waals surface area (Å²) >= 11 is 0. The predicted octanol–water partition coefficient (Wildman–Crippen LogP) is 1.13. The van der Waals surface area contributed by atoms with Gasteiger partial charge in [0.2, 0.25) is 35.4 Å². The number of rotatable bonds is 5. The number of para-hydroxylation sites is 1. The van der Waals surface area contributed by atoms with Crippen LogP contribution in [0.4, 0.5) is 0 Å². The number of H-pyrrole nitrogens is 1. The lowest BCUT2D eigenvalue weighted by Gasteiger charge is -2.38. The summed E-state index contributed by atoms with van der Waals surface area (Å²) in [6, 6.07) is 0.651. The molecule has 16 heteroatoms. The van der Waals surface area contributed by atoms with Crippen LogP contribution in [0.1, 0.15) is 89.5 Å². The second kappa shape index (κ2) is 16.8. The minimum Gasteiger partial charge on any atom is -0.361 e. The zero-order chi connectivity index (χ0) is 42.3. The first-order valence-electron chi connectivity index (χ1n) is 21.5. The summed E-state index contributed by atoms with van der Waals surface area (Å²) in [4.78, 5) is 120. The normalized spacial score (nSPS) is 30.8. The Morgan fingerprint density at radius 1 is 0.783 bits per heavy atom. The highest BCUT2D eigenvalue weighted by Crippen LogP contribution is 2.41. The zero-order valence-corrected chi connectivity index (χ0v) is 33.9. The van der Waals surface area contributed by atoms with Crippen molar-refractivity contribution in [2.75, 3.05) is 6.54 Å². The van der Waals surface area contributed by atoms with E-state index >= 15 is 0 Å². The van der Waals surface area contributed by atoms with Crippen LogP contribution in [-0.4, -0.2) is 116 Å². The molecule has 0 radical (unpaired) electrons. The highest BCUT2D eigenvalue weighted by atomic mass is 16.2. The third kappa shape index (κ3) is 7.88. The Balaban J connectivity index is 1.20. The van der Waals surface area contributed by atoms with Crippen molar-refractivity contribution in [2.45, 2.75) is 138 Å². The Hall–Kier alpha value is -5.64. The number of amides is 6. The van der Waals surface area contributed by atoms with Crippen LogP contribution >= 0.6 is 0 Å². The number of carbonyl (C=O) groups is 8. The number of carbonyl (C=O) groups excluding carboxylic acids is 8. The fraction of sp³-hybridized carbons (Fsp3) is 0.545. The molecule has 8 rings (SSSR count). The van der Waals surface area contributed by atoms with Gasteiger partial charge >= 0.3 is 0 Å². The summed E-state index contributed by atoms with van der Waals surface area (Å²) < 4.78 is 0. The summed E-state index contributed by atoms with van der Waals surface area (Å²) in [7, 11) is 0. The lowest BCUT2D eigenvalue weighted by Crippen LogP contribution is -2.66. The highest BCUT2D eigenvalue weighted by Gasteiger charge is 2.52. The lowest BCUT2D eigenvalue weighted by molar-refractivity contribution is -0.150. The fourth-order valence-corrected chi connectivity index (χ4v) is 10.5. The molecule has 6 amide bonds. The van der Waals surface area contributed by atoms with Crippen molar-refractivity contribution in [1.29, 1.82) is 0 Å². The van der Waals surface area contributed by atoms with Crippen LogP contribution in [0, 0.1) is 5.92 Å². The number of fused-ring (bicyclic) bond motifs is 5. The molecule has 3 saturated heterocycles. The van der Waals surface area contributed by atoms with E-state index in [9.17, 15) is 38.4 Å². The molecule has 3 aliphatic carbocycles. The molecule has 1 aromatic carbocycles. The zero-order valence-electron chi connectivity index (χ0n) is 33.9. The maximum atomic E-state index is 14.9. The van der Waals surface area contributed by atoms with Gasteiger partial charge in [0, 0.05) is 54.1 Å². The molecule has 8 atom stereocenters. The number of aromatic amines is 1. The topological polar surface area (TPSA) is 233 Å². The Morgan fingerprint density at radius 2 is 1.53 bits per heavy atom. The van der Waals surface area contributed by atoms with E-state index in [0.29, 0.717) is 38.5 Å². The van der Waals surface area contributed by atoms with Crippen LogP contribution in [0.25, 0.3) is 10.9 Å². The van der Waals surface area contributed by atoms with E-state index < -0.39 is 82.9 Å². The summed E-state index contributed by atoms with van der Waals surface area (Å²) in [5.41, 5.74) is 6.46. The van der Waals surface area contributed by atoms with Gasteiger partial charge in [-0.25, -0.2) is 0 Å². The average Bonchev–Trinajstić information content (AvgIpc) is 4.06. The van der Waals surface area contributed by atoms with Gasteiger partial charge in [-0.1, -0.05) is 43.9 Å². The SMILES string of the molecule is CC(N)[C@@H]1NC(=O)[C@H](CC2=CC(=O)C=CC2=O)NC(=O)C2(CCCC2)NC(=O)[C@H](Cc2c[nH]c3ccccc23)NC(=O)[C@@H]2C[C@@H]3CCCC[C@@H]3N2C(=O)[C@H]2CCCN2C1=O. The van der Waals surface area contributed by atoms with Gasteiger partial charge in [-0.3, -0.25) is 38.4 Å². The van der Waals surface area contributed by atoms with Crippen LogP contribution in [0.3, 0.4) is 0 Å². The van der Waals surface area contributed by atoms with Crippen molar-refractivity contribution in [1.82, 2.24) is 36.1 Å². The number of nitrogens with zero attached hydrogens (tertiary/aromatic N) is 2. The van der Waals surface area contributed by atoms with Gasteiger partial charge in [0.1, 0.15) is 35.7 Å². The Morgan fingerprint density at radius 3 is 2.32 bits per heavy atom. The Kier molecular flexibility index (Phi) is 11.5. The molecule has 2 aromatic rings. The standard InChI is InChI=1S/C44H54N8O8/c1-24(45)37-42(59)51-18-8-13-34(51)41(58)52-33-12-5-2-9-25(33)22-35(52)40(57)47-32(21-27-23-46-30-11-4-3-10-29(27)30)39(56)50-44(16-6-7-17-44)43(60)48-31(38(55)49-37)20-26-19-28(53)14-15-36(26)54/h3-4,10-11,14-15,19,23-25,31-35,37,46H,2,5-9,12-13,16-18,20-22,45H2,1H3,(H,47,57)(H,48,60)(H,49,55)(H,50,56)/t24?,25-,31-,32-,33-,34+,35-,37-/m0/s1. The van der Waals surface area contributed by atoms with Crippen LogP contribution in [0.5, 0.6) is 0 Å². The maximum Gasteiger partial charge on any atom is 0.247 e. The Bertz CT molecular complexity index is 2170. The third-order valence-corrected chi connectivity index (χ3v) is 13.6. The number of aromatic nitrogens is 1. The van der Waals surface area contributed by atoms with Gasteiger partial charge in [-0.15, -0.1) is 0 Å². The van der Waals surface area contributed by atoms with Crippen molar-refractivity contribution in [3.63, 3.8) is 0 Å². The van der Waals surface area contributed by atoms with E-state index in [1.807, 2.05) is 24.3 Å². The molecule has 3 aliphatic heterocycles. The molecule has 318 valence electrons. The van der Waals surface area contributed by atoms with E-state index in [1.54, 1.807) is 18.0 Å². The van der Waals surface area contributed by atoms with E-state index in [4.69, 9.17) is 5.73 Å². The number of nitrogens with one attached hydrogen (secondary N) is 5. The Labute approximate surface area is 347 Å². The molecular weight excluding hydrogens is 769 g/mol. The van der Waals surface area contributed by atoms with E-state index in [0.717, 1.165) is 54.0 Å². The van der Waals surface area contributed by atoms with Gasteiger partial charge in [-0.2, -0.15) is 0 Å². The summed E-state index contributed by atoms with van der Waals surface area (Å²) in [6.45, 7) is 1.77. The van der Waals surface area contributed by atoms with Crippen LogP contribution in [0.2, 0.25) is 0 Å². The molecule has 0 bridgehead atoms. The maximum absolute atomic E-state index is 14.9. The molecule has 1 spiro atoms. The lowest BCUT2D eigenvalue weighted by atomic mass is 9.84. The average molecular weight is 823 g/mol. The number of ketones is 2. The largest absolute Gasteiger partial charge is 0.361 e. The summed E-state index contributed by atoms with van der Waals surface area (Å²) in [5, 5.41) is 12.4. The van der Waals surface area contributed by atoms with Crippen molar-refractivity contribution >= 4 is 57.9 Å². The molecule has 7 N–H and O–H groups in total. The second-order valence-electron chi connectivity index (χ2n) is 17.5. The minimum absolute atomic E-state index is 0.0221. The molecule has 60 heavy (non-hydrogen) atoms. The molecule has 6 aliphatic rings. The molecule has 5 fully saturated rings. The molecule has 1 aromatic heterocycles. The first-order valence-corrected chi connectivity index (χ1v) is 21.5. The first-order chi connectivity index (χ1) is 28.8. The smallest absolute Gasteiger partial charge is 0.247 e. The van der Waals surface area contributed by atoms with Gasteiger partial charge in [0.05, 0.1) is 0 Å². The van der Waals surface area contributed by atoms with Gasteiger partial charge in [0.15, 0.2) is 11.6 Å². The first kappa shape index (κ1) is 41.1. The molecule has 4 heterocycles. The third-order valence-electron chi connectivity index (χ3n) is 13.6. The van der Waals surface area contributed by atoms with Crippen molar-refractivity contribution < 1.29 is 38.4 Å². The summed E-state index contributed by atoms with van der Waals surface area (Å²) in [6.07, 6.45) is 11.0. The predicted molar refractivity (Wildman–Crippen MR) is 218 cm³/mol. The van der Waals surface area contributed by atoms with E-state index in [1.165, 1.54) is 4.90 Å². The fourth-order valence-electron chi connectivity index (χ4n) is 10.5. The van der Waals surface area contributed by atoms with Crippen LogP contribution in [-0.2, 0) is 44.8 Å². The quantitative estimate of drug-likeness (QED) is 0.237. The number of benzene rings is 1. The molecule has 1 unspecified atom stereocenters. The second-order valence-corrected chi connectivity index (χ2v) is 17.5. The molecule has 2 saturated carbocycles. The highest BCUT2D eigenvalue weighted by molar-refractivity contribution is 6.17. The van der Waals surface area contributed by atoms with E-state index in [2.05, 4.69) is 26.3 Å². The van der Waals surface area contributed by atoms with Crippen molar-refractivity contribution in [3.05, 3.63) is 59.8 Å². The van der Waals surface area contributed by atoms with Gasteiger partial charge in [0.25, 0.3) is 0 Å². The van der Waals surface area contributed by atoms with E-state index in [-0.39, 0.29) is 55.7 Å². The number of allylic oxidation sites excluding steroid dienone is 3. The molecule has 16 nitrogen and oxygen atoms in total. The van der Waals surface area contributed by atoms with Gasteiger partial charge < -0.3 is 41.8 Å². The number of hydrogen-bond acceptors (Lipinski definition) is 9.